The molecule has 0 bridgehead atoms. The number of imidazole rings is 1. The van der Waals surface area contributed by atoms with Crippen LogP contribution in [0, 0.1) is 19.8 Å². The molecule has 0 radical (unpaired) electrons. The normalized spacial score (nSPS) is 15.7. The number of ether oxygens (including phenoxy) is 1. The van der Waals surface area contributed by atoms with Gasteiger partial charge in [0.1, 0.15) is 5.65 Å². The van der Waals surface area contributed by atoms with E-state index >= 15 is 0 Å². The molecule has 3 aromatic rings. The molecule has 1 aromatic carbocycles. The maximum atomic E-state index is 13.4. The monoisotopic (exact) mass is 433 g/mol. The van der Waals surface area contributed by atoms with Crippen LogP contribution in [0.5, 0.6) is 0 Å². The molecule has 4 rings (SSSR count). The summed E-state index contributed by atoms with van der Waals surface area (Å²) in [5.74, 6) is -0.224. The van der Waals surface area contributed by atoms with Gasteiger partial charge in [-0.05, 0) is 62.4 Å². The number of likely N-dealkylation sites (tertiary alicyclic amines) is 1. The maximum absolute atomic E-state index is 13.4. The highest BCUT2D eigenvalue weighted by molar-refractivity contribution is 5.79. The van der Waals surface area contributed by atoms with Crippen LogP contribution in [0.2, 0.25) is 0 Å². The standard InChI is InChI=1S/C26H31N3O3/c1-4-32-26(31)20-10-12-28(13-11-20)25(30)16-22(21-8-6-5-7-19(21)3)23-17-27-24-15-18(2)9-14-29(23)24/h5-9,14-15,17,20,22H,4,10-13,16H2,1-3H3. The first kappa shape index (κ1) is 22.1. The molecular weight excluding hydrogens is 402 g/mol. The number of hydrogen-bond acceptors (Lipinski definition) is 4. The van der Waals surface area contributed by atoms with Crippen molar-refractivity contribution in [3.05, 3.63) is 71.2 Å². The second kappa shape index (κ2) is 9.55. The maximum Gasteiger partial charge on any atom is 0.309 e. The number of aromatic nitrogens is 2. The van der Waals surface area contributed by atoms with E-state index in [4.69, 9.17) is 4.74 Å². The lowest BCUT2D eigenvalue weighted by Crippen LogP contribution is -2.41. The van der Waals surface area contributed by atoms with Crippen LogP contribution in [0.25, 0.3) is 5.65 Å². The molecule has 1 amide bonds. The van der Waals surface area contributed by atoms with E-state index in [9.17, 15) is 9.59 Å². The molecule has 168 valence electrons. The molecular formula is C26H31N3O3. The number of amides is 1. The summed E-state index contributed by atoms with van der Waals surface area (Å²) in [5.41, 5.74) is 5.37. The van der Waals surface area contributed by atoms with Gasteiger partial charge < -0.3 is 14.0 Å². The number of aryl methyl sites for hydroxylation is 2. The molecule has 1 saturated heterocycles. The molecule has 0 aliphatic carbocycles. The van der Waals surface area contributed by atoms with Crippen LogP contribution in [-0.4, -0.2) is 45.9 Å². The SMILES string of the molecule is CCOC(=O)C1CCN(C(=O)CC(c2ccccc2C)c2cnc3cc(C)ccn23)CC1. The van der Waals surface area contributed by atoms with Gasteiger partial charge in [-0.1, -0.05) is 24.3 Å². The number of piperidine rings is 1. The molecule has 1 aliphatic rings. The molecule has 6 heteroatoms. The predicted octanol–water partition coefficient (Wildman–Crippen LogP) is 4.27. The minimum atomic E-state index is -0.140. The van der Waals surface area contributed by atoms with E-state index < -0.39 is 0 Å². The zero-order valence-corrected chi connectivity index (χ0v) is 19.1. The molecule has 1 fully saturated rings. The highest BCUT2D eigenvalue weighted by atomic mass is 16.5. The van der Waals surface area contributed by atoms with Crippen molar-refractivity contribution in [2.45, 2.75) is 46.0 Å². The molecule has 0 N–H and O–H groups in total. The summed E-state index contributed by atoms with van der Waals surface area (Å²) in [5, 5.41) is 0. The van der Waals surface area contributed by atoms with Gasteiger partial charge in [0.15, 0.2) is 0 Å². The third kappa shape index (κ3) is 4.54. The van der Waals surface area contributed by atoms with Crippen LogP contribution < -0.4 is 0 Å². The van der Waals surface area contributed by atoms with Gasteiger partial charge in [0.25, 0.3) is 0 Å². The van der Waals surface area contributed by atoms with Gasteiger partial charge in [0.05, 0.1) is 18.2 Å². The average molecular weight is 434 g/mol. The summed E-state index contributed by atoms with van der Waals surface area (Å²) in [7, 11) is 0. The Bertz CT molecular complexity index is 1110. The summed E-state index contributed by atoms with van der Waals surface area (Å²) in [6.07, 6.45) is 5.62. The minimum Gasteiger partial charge on any atom is -0.466 e. The summed E-state index contributed by atoms with van der Waals surface area (Å²) < 4.78 is 7.25. The van der Waals surface area contributed by atoms with Crippen molar-refractivity contribution in [3.8, 4) is 0 Å². The van der Waals surface area contributed by atoms with E-state index in [-0.39, 0.29) is 23.7 Å². The summed E-state index contributed by atoms with van der Waals surface area (Å²) in [4.78, 5) is 31.9. The Labute approximate surface area is 189 Å². The van der Waals surface area contributed by atoms with Crippen molar-refractivity contribution in [1.82, 2.24) is 14.3 Å². The van der Waals surface area contributed by atoms with Gasteiger partial charge in [-0.3, -0.25) is 9.59 Å². The number of hydrogen-bond donors (Lipinski definition) is 0. The number of nitrogens with zero attached hydrogens (tertiary/aromatic N) is 3. The Morgan fingerprint density at radius 2 is 1.91 bits per heavy atom. The fraction of sp³-hybridized carbons (Fsp3) is 0.423. The van der Waals surface area contributed by atoms with Crippen molar-refractivity contribution in [1.29, 1.82) is 0 Å². The van der Waals surface area contributed by atoms with Crippen LogP contribution in [0.15, 0.2) is 48.8 Å². The molecule has 3 heterocycles. The van der Waals surface area contributed by atoms with Crippen molar-refractivity contribution in [2.24, 2.45) is 5.92 Å². The molecule has 1 aliphatic heterocycles. The first-order valence-electron chi connectivity index (χ1n) is 11.4. The van der Waals surface area contributed by atoms with E-state index in [2.05, 4.69) is 47.5 Å². The van der Waals surface area contributed by atoms with Crippen molar-refractivity contribution in [2.75, 3.05) is 19.7 Å². The van der Waals surface area contributed by atoms with Crippen LogP contribution in [0.1, 0.15) is 54.5 Å². The van der Waals surface area contributed by atoms with Crippen LogP contribution in [0.3, 0.4) is 0 Å². The van der Waals surface area contributed by atoms with Gasteiger partial charge in [0.2, 0.25) is 5.91 Å². The molecule has 32 heavy (non-hydrogen) atoms. The molecule has 6 nitrogen and oxygen atoms in total. The number of esters is 1. The molecule has 0 spiro atoms. The molecule has 2 aromatic heterocycles. The fourth-order valence-corrected chi connectivity index (χ4v) is 4.64. The van der Waals surface area contributed by atoms with Crippen molar-refractivity contribution >= 4 is 17.5 Å². The van der Waals surface area contributed by atoms with E-state index in [1.54, 1.807) is 0 Å². The smallest absolute Gasteiger partial charge is 0.309 e. The van der Waals surface area contributed by atoms with E-state index in [0.717, 1.165) is 28.0 Å². The Kier molecular flexibility index (Phi) is 6.58. The van der Waals surface area contributed by atoms with Crippen molar-refractivity contribution < 1.29 is 14.3 Å². The first-order valence-corrected chi connectivity index (χ1v) is 11.4. The minimum absolute atomic E-state index is 0.0933. The van der Waals surface area contributed by atoms with Gasteiger partial charge in [0, 0.05) is 37.8 Å². The Hall–Kier alpha value is -3.15. The number of carbonyl (C=O) groups is 2. The van der Waals surface area contributed by atoms with Crippen LogP contribution >= 0.6 is 0 Å². The quantitative estimate of drug-likeness (QED) is 0.545. The average Bonchev–Trinajstić information content (AvgIpc) is 3.21. The lowest BCUT2D eigenvalue weighted by molar-refractivity contribution is -0.151. The van der Waals surface area contributed by atoms with Crippen LogP contribution in [-0.2, 0) is 14.3 Å². The molecule has 1 unspecified atom stereocenters. The van der Waals surface area contributed by atoms with Gasteiger partial charge in [-0.25, -0.2) is 4.98 Å². The number of carbonyl (C=O) groups excluding carboxylic acids is 2. The van der Waals surface area contributed by atoms with E-state index in [0.29, 0.717) is 39.0 Å². The lowest BCUT2D eigenvalue weighted by atomic mass is 9.88. The Balaban J connectivity index is 1.57. The van der Waals surface area contributed by atoms with Crippen molar-refractivity contribution in [3.63, 3.8) is 0 Å². The largest absolute Gasteiger partial charge is 0.466 e. The molecule has 1 atom stereocenters. The number of rotatable bonds is 6. The summed E-state index contributed by atoms with van der Waals surface area (Å²) >= 11 is 0. The Morgan fingerprint density at radius 3 is 2.62 bits per heavy atom. The number of pyridine rings is 1. The highest BCUT2D eigenvalue weighted by Gasteiger charge is 2.31. The third-order valence-corrected chi connectivity index (χ3v) is 6.46. The third-order valence-electron chi connectivity index (χ3n) is 6.46. The zero-order chi connectivity index (χ0) is 22.7. The van der Waals surface area contributed by atoms with Gasteiger partial charge in [-0.15, -0.1) is 0 Å². The fourth-order valence-electron chi connectivity index (χ4n) is 4.64. The summed E-state index contributed by atoms with van der Waals surface area (Å²) in [6, 6.07) is 12.4. The zero-order valence-electron chi connectivity index (χ0n) is 19.1. The summed E-state index contributed by atoms with van der Waals surface area (Å²) in [6.45, 7) is 7.55. The second-order valence-electron chi connectivity index (χ2n) is 8.64. The lowest BCUT2D eigenvalue weighted by Gasteiger charge is -2.32. The predicted molar refractivity (Wildman–Crippen MR) is 124 cm³/mol. The topological polar surface area (TPSA) is 63.9 Å². The molecule has 0 saturated carbocycles. The highest BCUT2D eigenvalue weighted by Crippen LogP contribution is 2.32. The van der Waals surface area contributed by atoms with Gasteiger partial charge in [-0.2, -0.15) is 0 Å². The van der Waals surface area contributed by atoms with Crippen LogP contribution in [0.4, 0.5) is 0 Å². The second-order valence-corrected chi connectivity index (χ2v) is 8.64. The van der Waals surface area contributed by atoms with E-state index in [1.807, 2.05) is 36.4 Å². The van der Waals surface area contributed by atoms with Gasteiger partial charge >= 0.3 is 5.97 Å². The Morgan fingerprint density at radius 1 is 1.16 bits per heavy atom. The first-order chi connectivity index (χ1) is 15.5. The number of fused-ring (bicyclic) bond motifs is 1. The number of benzene rings is 1. The van der Waals surface area contributed by atoms with E-state index in [1.165, 1.54) is 0 Å².